The lowest BCUT2D eigenvalue weighted by Crippen LogP contribution is -2.40. The predicted molar refractivity (Wildman–Crippen MR) is 96.0 cm³/mol. The molecule has 0 saturated carbocycles. The van der Waals surface area contributed by atoms with Crippen LogP contribution in [0.1, 0.15) is 18.3 Å². The van der Waals surface area contributed by atoms with Gasteiger partial charge in [0.15, 0.2) is 5.96 Å². The minimum absolute atomic E-state index is 0. The van der Waals surface area contributed by atoms with E-state index in [2.05, 4.69) is 20.3 Å². The standard InChI is InChI=1S/C14H21N5O.HI/c1-9-5-4-6-11-13(9)19-12(18-11)7-16-14(15)17-10(2)8-20-3;/h4-6,10H,7-8H2,1-3H3,(H,18,19)(H3,15,16,17);1H. The Morgan fingerprint density at radius 1 is 1.52 bits per heavy atom. The molecular formula is C14H22IN5O. The van der Waals surface area contributed by atoms with Crippen LogP contribution in [0, 0.1) is 6.92 Å². The maximum absolute atomic E-state index is 5.82. The van der Waals surface area contributed by atoms with Crippen molar-refractivity contribution in [2.75, 3.05) is 13.7 Å². The van der Waals surface area contributed by atoms with E-state index in [9.17, 15) is 0 Å². The SMILES string of the molecule is COCC(C)NC(N)=NCc1nc2c(C)cccc2[nH]1.I. The van der Waals surface area contributed by atoms with E-state index >= 15 is 0 Å². The molecule has 0 fully saturated rings. The van der Waals surface area contributed by atoms with Crippen LogP contribution in [0.15, 0.2) is 23.2 Å². The number of hydrogen-bond acceptors (Lipinski definition) is 3. The summed E-state index contributed by atoms with van der Waals surface area (Å²) >= 11 is 0. The quantitative estimate of drug-likeness (QED) is 0.405. The van der Waals surface area contributed by atoms with Gasteiger partial charge in [0.05, 0.1) is 17.6 Å². The van der Waals surface area contributed by atoms with Gasteiger partial charge in [-0.3, -0.25) is 0 Å². The number of imidazole rings is 1. The maximum atomic E-state index is 5.82. The zero-order chi connectivity index (χ0) is 14.5. The molecule has 1 aromatic carbocycles. The number of aliphatic imine (C=N–C) groups is 1. The second-order valence-electron chi connectivity index (χ2n) is 4.86. The normalized spacial score (nSPS) is 13.0. The number of rotatable bonds is 5. The number of H-pyrrole nitrogens is 1. The molecule has 1 aromatic heterocycles. The number of ether oxygens (including phenoxy) is 1. The Balaban J connectivity index is 0.00000220. The summed E-state index contributed by atoms with van der Waals surface area (Å²) < 4.78 is 5.03. The molecule has 0 radical (unpaired) electrons. The highest BCUT2D eigenvalue weighted by Crippen LogP contribution is 2.15. The van der Waals surface area contributed by atoms with Crippen LogP contribution in [0.2, 0.25) is 0 Å². The van der Waals surface area contributed by atoms with Crippen LogP contribution in [0.3, 0.4) is 0 Å². The number of nitrogens with zero attached hydrogens (tertiary/aromatic N) is 2. The van der Waals surface area contributed by atoms with Gasteiger partial charge in [-0.15, -0.1) is 24.0 Å². The van der Waals surface area contributed by atoms with Gasteiger partial charge >= 0.3 is 0 Å². The van der Waals surface area contributed by atoms with Crippen LogP contribution in [-0.2, 0) is 11.3 Å². The number of guanidine groups is 1. The van der Waals surface area contributed by atoms with Crippen LogP contribution in [-0.4, -0.2) is 35.7 Å². The maximum Gasteiger partial charge on any atom is 0.189 e. The lowest BCUT2D eigenvalue weighted by molar-refractivity contribution is 0.179. The topological polar surface area (TPSA) is 88.3 Å². The Morgan fingerprint density at radius 2 is 2.29 bits per heavy atom. The molecule has 1 atom stereocenters. The molecule has 1 heterocycles. The van der Waals surface area contributed by atoms with Gasteiger partial charge in [-0.1, -0.05) is 12.1 Å². The number of aromatic nitrogens is 2. The van der Waals surface area contributed by atoms with Gasteiger partial charge in [0.2, 0.25) is 0 Å². The third-order valence-electron chi connectivity index (χ3n) is 2.97. The molecule has 1 unspecified atom stereocenters. The van der Waals surface area contributed by atoms with Gasteiger partial charge in [-0.2, -0.15) is 0 Å². The minimum atomic E-state index is 0. The number of nitrogens with two attached hydrogens (primary N) is 1. The van der Waals surface area contributed by atoms with Crippen molar-refractivity contribution in [3.63, 3.8) is 0 Å². The molecule has 0 saturated heterocycles. The summed E-state index contributed by atoms with van der Waals surface area (Å²) in [6.45, 7) is 5.03. The van der Waals surface area contributed by atoms with Crippen molar-refractivity contribution in [3.05, 3.63) is 29.6 Å². The number of para-hydroxylation sites is 1. The third kappa shape index (κ3) is 4.85. The summed E-state index contributed by atoms with van der Waals surface area (Å²) in [7, 11) is 1.66. The number of aromatic amines is 1. The monoisotopic (exact) mass is 403 g/mol. The van der Waals surface area contributed by atoms with Gasteiger partial charge in [0.1, 0.15) is 12.4 Å². The number of fused-ring (bicyclic) bond motifs is 1. The molecule has 0 spiro atoms. The second-order valence-corrected chi connectivity index (χ2v) is 4.86. The van der Waals surface area contributed by atoms with E-state index in [1.54, 1.807) is 7.11 Å². The second kappa shape index (κ2) is 8.18. The van der Waals surface area contributed by atoms with E-state index in [0.29, 0.717) is 19.1 Å². The molecule has 0 aliphatic rings. The van der Waals surface area contributed by atoms with Gasteiger partial charge in [-0.25, -0.2) is 9.98 Å². The van der Waals surface area contributed by atoms with Crippen LogP contribution in [0.25, 0.3) is 11.0 Å². The highest BCUT2D eigenvalue weighted by Gasteiger charge is 2.05. The fraction of sp³-hybridized carbons (Fsp3) is 0.429. The van der Waals surface area contributed by atoms with Crippen molar-refractivity contribution in [2.24, 2.45) is 10.7 Å². The Bertz CT molecular complexity index is 610. The van der Waals surface area contributed by atoms with Gasteiger partial charge in [-0.05, 0) is 25.5 Å². The summed E-state index contributed by atoms with van der Waals surface area (Å²) in [5.41, 5.74) is 8.97. The van der Waals surface area contributed by atoms with Crippen LogP contribution in [0.4, 0.5) is 0 Å². The summed E-state index contributed by atoms with van der Waals surface area (Å²) in [4.78, 5) is 12.0. The van der Waals surface area contributed by atoms with Crippen molar-refractivity contribution in [1.29, 1.82) is 0 Å². The molecule has 2 rings (SSSR count). The highest BCUT2D eigenvalue weighted by molar-refractivity contribution is 14.0. The van der Waals surface area contributed by atoms with E-state index in [4.69, 9.17) is 10.5 Å². The number of halogens is 1. The Hall–Kier alpha value is -1.35. The summed E-state index contributed by atoms with van der Waals surface area (Å²) in [6.07, 6.45) is 0. The number of hydrogen-bond donors (Lipinski definition) is 3. The van der Waals surface area contributed by atoms with Crippen LogP contribution < -0.4 is 11.1 Å². The van der Waals surface area contributed by atoms with E-state index in [1.807, 2.05) is 32.0 Å². The minimum Gasteiger partial charge on any atom is -0.383 e. The largest absolute Gasteiger partial charge is 0.383 e. The number of aryl methyl sites for hydroxylation is 1. The summed E-state index contributed by atoms with van der Waals surface area (Å²) in [5.74, 6) is 1.20. The van der Waals surface area contributed by atoms with E-state index in [-0.39, 0.29) is 30.0 Å². The van der Waals surface area contributed by atoms with E-state index < -0.39 is 0 Å². The van der Waals surface area contributed by atoms with Crippen LogP contribution >= 0.6 is 24.0 Å². The van der Waals surface area contributed by atoms with Crippen molar-refractivity contribution in [3.8, 4) is 0 Å². The number of nitrogens with one attached hydrogen (secondary N) is 2. The van der Waals surface area contributed by atoms with Crippen molar-refractivity contribution in [1.82, 2.24) is 15.3 Å². The average Bonchev–Trinajstić information content (AvgIpc) is 2.81. The van der Waals surface area contributed by atoms with Crippen molar-refractivity contribution in [2.45, 2.75) is 26.4 Å². The van der Waals surface area contributed by atoms with Crippen molar-refractivity contribution < 1.29 is 4.74 Å². The van der Waals surface area contributed by atoms with Crippen LogP contribution in [0.5, 0.6) is 0 Å². The third-order valence-corrected chi connectivity index (χ3v) is 2.97. The molecule has 0 aliphatic heterocycles. The molecule has 116 valence electrons. The molecule has 6 nitrogen and oxygen atoms in total. The highest BCUT2D eigenvalue weighted by atomic mass is 127. The lowest BCUT2D eigenvalue weighted by Gasteiger charge is -2.12. The molecule has 0 amide bonds. The molecule has 2 aromatic rings. The average molecular weight is 403 g/mol. The van der Waals surface area contributed by atoms with Gasteiger partial charge < -0.3 is 20.8 Å². The van der Waals surface area contributed by atoms with E-state index in [0.717, 1.165) is 22.4 Å². The first kappa shape index (κ1) is 17.7. The first-order valence-corrected chi connectivity index (χ1v) is 6.59. The van der Waals surface area contributed by atoms with E-state index in [1.165, 1.54) is 0 Å². The fourth-order valence-electron chi connectivity index (χ4n) is 2.05. The molecule has 21 heavy (non-hydrogen) atoms. The number of benzene rings is 1. The molecular weight excluding hydrogens is 381 g/mol. The lowest BCUT2D eigenvalue weighted by atomic mass is 10.2. The Morgan fingerprint density at radius 3 is 2.95 bits per heavy atom. The predicted octanol–water partition coefficient (Wildman–Crippen LogP) is 1.93. The summed E-state index contributed by atoms with van der Waals surface area (Å²) in [5, 5.41) is 3.06. The van der Waals surface area contributed by atoms with Crippen molar-refractivity contribution >= 4 is 41.0 Å². The Labute approximate surface area is 141 Å². The molecule has 4 N–H and O–H groups in total. The molecule has 0 aliphatic carbocycles. The summed E-state index contributed by atoms with van der Waals surface area (Å²) in [6, 6.07) is 6.18. The van der Waals surface area contributed by atoms with Gasteiger partial charge in [0.25, 0.3) is 0 Å². The number of methoxy groups -OCH3 is 1. The smallest absolute Gasteiger partial charge is 0.189 e. The zero-order valence-corrected chi connectivity index (χ0v) is 14.8. The first-order chi connectivity index (χ1) is 9.60. The first-order valence-electron chi connectivity index (χ1n) is 6.59. The molecule has 7 heteroatoms. The molecule has 0 bridgehead atoms. The Kier molecular flexibility index (Phi) is 6.90. The fourth-order valence-corrected chi connectivity index (χ4v) is 2.05. The zero-order valence-electron chi connectivity index (χ0n) is 12.5. The van der Waals surface area contributed by atoms with Gasteiger partial charge in [0, 0.05) is 13.2 Å².